The van der Waals surface area contributed by atoms with Gasteiger partial charge in [0.25, 0.3) is 0 Å². The molecule has 0 aliphatic heterocycles. The minimum Gasteiger partial charge on any atom is -0.322 e. The van der Waals surface area contributed by atoms with E-state index < -0.39 is 0 Å². The number of nitrogens with zero attached hydrogens (tertiary/aromatic N) is 2. The molecule has 100 valence electrons. The standard InChI is InChI=1S/C15H25N3/c1-6-13(7-8-18(5)16)14-9-12(4)17-15(10-14)11(2)3/h7-11,13H,6,16H2,1-5H3/b8-7-. The maximum atomic E-state index is 5.62. The van der Waals surface area contributed by atoms with E-state index in [1.807, 2.05) is 13.2 Å². The molecule has 1 rings (SSSR count). The monoisotopic (exact) mass is 247 g/mol. The minimum absolute atomic E-state index is 0.398. The summed E-state index contributed by atoms with van der Waals surface area (Å²) < 4.78 is 0. The second-order valence-electron chi connectivity index (χ2n) is 5.14. The van der Waals surface area contributed by atoms with E-state index in [4.69, 9.17) is 5.84 Å². The maximum Gasteiger partial charge on any atom is 0.0435 e. The first kappa shape index (κ1) is 14.7. The molecule has 0 radical (unpaired) electrons. The molecule has 1 aromatic heterocycles. The lowest BCUT2D eigenvalue weighted by atomic mass is 9.94. The van der Waals surface area contributed by atoms with E-state index in [9.17, 15) is 0 Å². The Morgan fingerprint density at radius 3 is 2.56 bits per heavy atom. The summed E-state index contributed by atoms with van der Waals surface area (Å²) in [6.07, 6.45) is 5.13. The highest BCUT2D eigenvalue weighted by Gasteiger charge is 2.10. The van der Waals surface area contributed by atoms with Crippen molar-refractivity contribution in [2.24, 2.45) is 5.84 Å². The van der Waals surface area contributed by atoms with Crippen LogP contribution < -0.4 is 5.84 Å². The third-order valence-electron chi connectivity index (χ3n) is 3.01. The minimum atomic E-state index is 0.398. The summed E-state index contributed by atoms with van der Waals surface area (Å²) in [6.45, 7) is 8.60. The molecule has 1 heterocycles. The molecule has 0 saturated heterocycles. The molecule has 0 aliphatic carbocycles. The molecule has 2 N–H and O–H groups in total. The Balaban J connectivity index is 3.05. The summed E-state index contributed by atoms with van der Waals surface area (Å²) in [5.74, 6) is 6.47. The highest BCUT2D eigenvalue weighted by Crippen LogP contribution is 2.24. The molecule has 1 aromatic rings. The van der Waals surface area contributed by atoms with Gasteiger partial charge in [0.05, 0.1) is 0 Å². The van der Waals surface area contributed by atoms with Crippen molar-refractivity contribution in [1.82, 2.24) is 9.99 Å². The van der Waals surface area contributed by atoms with Crippen molar-refractivity contribution in [3.63, 3.8) is 0 Å². The Hall–Kier alpha value is -1.35. The van der Waals surface area contributed by atoms with Crippen LogP contribution in [0.1, 0.15) is 56.0 Å². The molecule has 0 spiro atoms. The highest BCUT2D eigenvalue weighted by molar-refractivity contribution is 5.28. The third kappa shape index (κ3) is 4.15. The van der Waals surface area contributed by atoms with Gasteiger partial charge in [0.15, 0.2) is 0 Å². The van der Waals surface area contributed by atoms with E-state index in [1.165, 1.54) is 5.56 Å². The van der Waals surface area contributed by atoms with Gasteiger partial charge in [0.1, 0.15) is 0 Å². The Labute approximate surface area is 111 Å². The first-order chi connectivity index (χ1) is 8.43. The largest absolute Gasteiger partial charge is 0.322 e. The summed E-state index contributed by atoms with van der Waals surface area (Å²) >= 11 is 0. The Bertz CT molecular complexity index is 408. The van der Waals surface area contributed by atoms with Gasteiger partial charge in [-0.05, 0) is 37.0 Å². The van der Waals surface area contributed by atoms with Crippen LogP contribution in [0, 0.1) is 6.92 Å². The van der Waals surface area contributed by atoms with Crippen LogP contribution >= 0.6 is 0 Å². The van der Waals surface area contributed by atoms with Gasteiger partial charge in [0, 0.05) is 30.6 Å². The van der Waals surface area contributed by atoms with Gasteiger partial charge in [-0.25, -0.2) is 5.84 Å². The van der Waals surface area contributed by atoms with Gasteiger partial charge in [0.2, 0.25) is 0 Å². The first-order valence-electron chi connectivity index (χ1n) is 6.58. The summed E-state index contributed by atoms with van der Waals surface area (Å²) in [4.78, 5) is 4.59. The Kier molecular flexibility index (Phi) is 5.35. The number of allylic oxidation sites excluding steroid dienone is 1. The van der Waals surface area contributed by atoms with Gasteiger partial charge in [-0.3, -0.25) is 4.98 Å². The molecule has 3 nitrogen and oxygen atoms in total. The van der Waals surface area contributed by atoms with E-state index in [0.717, 1.165) is 17.8 Å². The number of nitrogens with two attached hydrogens (primary N) is 1. The molecule has 3 heteroatoms. The second kappa shape index (κ2) is 6.55. The number of hydrogen-bond donors (Lipinski definition) is 1. The van der Waals surface area contributed by atoms with Crippen LogP contribution in [-0.4, -0.2) is 17.0 Å². The Morgan fingerprint density at radius 2 is 2.06 bits per heavy atom. The van der Waals surface area contributed by atoms with E-state index in [2.05, 4.69) is 50.9 Å². The number of aromatic nitrogens is 1. The van der Waals surface area contributed by atoms with Crippen LogP contribution in [0.2, 0.25) is 0 Å². The van der Waals surface area contributed by atoms with E-state index >= 15 is 0 Å². The first-order valence-corrected chi connectivity index (χ1v) is 6.58. The summed E-state index contributed by atoms with van der Waals surface area (Å²) in [7, 11) is 1.83. The molecule has 18 heavy (non-hydrogen) atoms. The lowest BCUT2D eigenvalue weighted by Gasteiger charge is -2.15. The average Bonchev–Trinajstić information content (AvgIpc) is 2.28. The number of hydrogen-bond acceptors (Lipinski definition) is 3. The molecule has 1 atom stereocenters. The molecule has 0 bridgehead atoms. The summed E-state index contributed by atoms with van der Waals surface area (Å²) in [5, 5.41) is 1.58. The number of hydrazine groups is 1. The van der Waals surface area contributed by atoms with E-state index in [-0.39, 0.29) is 0 Å². The third-order valence-corrected chi connectivity index (χ3v) is 3.01. The molecule has 0 amide bonds. The van der Waals surface area contributed by atoms with Crippen LogP contribution in [0.3, 0.4) is 0 Å². The van der Waals surface area contributed by atoms with Gasteiger partial charge in [-0.2, -0.15) is 0 Å². The Morgan fingerprint density at radius 1 is 1.39 bits per heavy atom. The summed E-state index contributed by atoms with van der Waals surface area (Å²) in [6, 6.07) is 4.38. The average molecular weight is 247 g/mol. The fourth-order valence-corrected chi connectivity index (χ4v) is 1.95. The van der Waals surface area contributed by atoms with Crippen molar-refractivity contribution >= 4 is 0 Å². The van der Waals surface area contributed by atoms with Crippen molar-refractivity contribution < 1.29 is 0 Å². The van der Waals surface area contributed by atoms with Gasteiger partial charge < -0.3 is 5.01 Å². The van der Waals surface area contributed by atoms with Gasteiger partial charge in [-0.1, -0.05) is 26.8 Å². The lowest BCUT2D eigenvalue weighted by Crippen LogP contribution is -2.18. The predicted molar refractivity (Wildman–Crippen MR) is 77.2 cm³/mol. The predicted octanol–water partition coefficient (Wildman–Crippen LogP) is 3.33. The van der Waals surface area contributed by atoms with E-state index in [0.29, 0.717) is 11.8 Å². The number of aryl methyl sites for hydroxylation is 1. The smallest absolute Gasteiger partial charge is 0.0435 e. The summed E-state index contributed by atoms with van der Waals surface area (Å²) in [5.41, 5.74) is 3.58. The fourth-order valence-electron chi connectivity index (χ4n) is 1.95. The lowest BCUT2D eigenvalue weighted by molar-refractivity contribution is 0.481. The second-order valence-corrected chi connectivity index (χ2v) is 5.14. The molecular formula is C15H25N3. The quantitative estimate of drug-likeness (QED) is 0.641. The number of rotatable bonds is 5. The fraction of sp³-hybridized carbons (Fsp3) is 0.533. The zero-order valence-corrected chi connectivity index (χ0v) is 12.1. The number of pyridine rings is 1. The van der Waals surface area contributed by atoms with Crippen LogP contribution in [-0.2, 0) is 0 Å². The van der Waals surface area contributed by atoms with Crippen LogP contribution in [0.15, 0.2) is 24.4 Å². The van der Waals surface area contributed by atoms with Crippen molar-refractivity contribution in [1.29, 1.82) is 0 Å². The zero-order valence-electron chi connectivity index (χ0n) is 12.1. The molecule has 0 fully saturated rings. The van der Waals surface area contributed by atoms with Crippen LogP contribution in [0.4, 0.5) is 0 Å². The zero-order chi connectivity index (χ0) is 13.7. The normalized spacial score (nSPS) is 13.3. The topological polar surface area (TPSA) is 42.1 Å². The van der Waals surface area contributed by atoms with Crippen LogP contribution in [0.25, 0.3) is 0 Å². The SMILES string of the molecule is CCC(/C=C\N(C)N)c1cc(C)nc(C(C)C)c1. The molecular weight excluding hydrogens is 222 g/mol. The van der Waals surface area contributed by atoms with Crippen molar-refractivity contribution in [3.05, 3.63) is 41.4 Å². The van der Waals surface area contributed by atoms with Gasteiger partial charge >= 0.3 is 0 Å². The van der Waals surface area contributed by atoms with Gasteiger partial charge in [-0.15, -0.1) is 0 Å². The molecule has 0 aliphatic rings. The van der Waals surface area contributed by atoms with Crippen molar-refractivity contribution in [2.75, 3.05) is 7.05 Å². The molecule has 0 saturated carbocycles. The van der Waals surface area contributed by atoms with Crippen molar-refractivity contribution in [3.8, 4) is 0 Å². The van der Waals surface area contributed by atoms with E-state index in [1.54, 1.807) is 5.01 Å². The van der Waals surface area contributed by atoms with Crippen LogP contribution in [0.5, 0.6) is 0 Å². The highest BCUT2D eigenvalue weighted by atomic mass is 15.4. The molecule has 0 aromatic carbocycles. The van der Waals surface area contributed by atoms with Crippen molar-refractivity contribution in [2.45, 2.75) is 46.0 Å². The molecule has 1 unspecified atom stereocenters. The maximum absolute atomic E-state index is 5.62.